The van der Waals surface area contributed by atoms with Gasteiger partial charge in [0.25, 0.3) is 0 Å². The van der Waals surface area contributed by atoms with E-state index in [4.69, 9.17) is 0 Å². The summed E-state index contributed by atoms with van der Waals surface area (Å²) < 4.78 is 0. The van der Waals surface area contributed by atoms with Crippen LogP contribution in [-0.4, -0.2) is 36.1 Å². The number of ketones is 2. The molecule has 110 valence electrons. The molecule has 0 amide bonds. The Balaban J connectivity index is 1.56. The number of carbonyl (C=O) groups excluding carboxylic acids is 2. The lowest BCUT2D eigenvalue weighted by Crippen LogP contribution is -2.42. The van der Waals surface area contributed by atoms with Gasteiger partial charge in [0.2, 0.25) is 0 Å². The summed E-state index contributed by atoms with van der Waals surface area (Å²) in [6.45, 7) is 2.39. The molecule has 0 bridgehead atoms. The molecule has 0 atom stereocenters. The van der Waals surface area contributed by atoms with Crippen LogP contribution in [0, 0.1) is 5.41 Å². The summed E-state index contributed by atoms with van der Waals surface area (Å²) in [5, 5.41) is 0. The molecule has 3 rings (SSSR count). The third-order valence-electron chi connectivity index (χ3n) is 4.81. The van der Waals surface area contributed by atoms with Crippen molar-refractivity contribution in [3.05, 3.63) is 48.0 Å². The number of benzene rings is 1. The van der Waals surface area contributed by atoms with Crippen molar-refractivity contribution in [2.24, 2.45) is 5.41 Å². The maximum Gasteiger partial charge on any atom is 0.176 e. The molecule has 1 aliphatic heterocycles. The Morgan fingerprint density at radius 3 is 2.43 bits per heavy atom. The Kier molecular flexibility index (Phi) is 4.02. The van der Waals surface area contributed by atoms with E-state index in [1.54, 1.807) is 6.08 Å². The van der Waals surface area contributed by atoms with Crippen LogP contribution in [0.3, 0.4) is 0 Å². The molecule has 1 saturated heterocycles. The van der Waals surface area contributed by atoms with Gasteiger partial charge in [-0.1, -0.05) is 36.4 Å². The highest BCUT2D eigenvalue weighted by Crippen LogP contribution is 2.39. The van der Waals surface area contributed by atoms with Crippen LogP contribution in [0.5, 0.6) is 0 Å². The number of Topliss-reactive ketones (excluding diaryl/α,β-unsaturated/α-hetero) is 1. The van der Waals surface area contributed by atoms with Gasteiger partial charge in [-0.2, -0.15) is 0 Å². The fraction of sp³-hybridized carbons (Fsp3) is 0.444. The summed E-state index contributed by atoms with van der Waals surface area (Å²) in [6.07, 6.45) is 7.64. The van der Waals surface area contributed by atoms with E-state index in [1.165, 1.54) is 0 Å². The summed E-state index contributed by atoms with van der Waals surface area (Å²) in [6, 6.07) is 9.50. The van der Waals surface area contributed by atoms with E-state index in [1.807, 2.05) is 30.3 Å². The molecule has 1 fully saturated rings. The summed E-state index contributed by atoms with van der Waals surface area (Å²) in [5.74, 6) is 0.447. The van der Waals surface area contributed by atoms with E-state index in [0.717, 1.165) is 37.9 Å². The number of carbonyl (C=O) groups is 2. The van der Waals surface area contributed by atoms with Gasteiger partial charge in [-0.3, -0.25) is 14.5 Å². The van der Waals surface area contributed by atoms with Crippen molar-refractivity contribution in [1.29, 1.82) is 0 Å². The average Bonchev–Trinajstić information content (AvgIpc) is 2.54. The Bertz CT molecular complexity index is 554. The molecule has 0 aromatic heterocycles. The predicted octanol–water partition coefficient (Wildman–Crippen LogP) is 2.87. The number of nitrogens with zero attached hydrogens (tertiary/aromatic N) is 1. The first kappa shape index (κ1) is 14.2. The largest absolute Gasteiger partial charge is 0.296 e. The van der Waals surface area contributed by atoms with Crippen molar-refractivity contribution in [2.75, 3.05) is 19.6 Å². The second kappa shape index (κ2) is 5.94. The normalized spacial score (nSPS) is 21.6. The van der Waals surface area contributed by atoms with Crippen molar-refractivity contribution >= 4 is 11.6 Å². The zero-order chi connectivity index (χ0) is 14.7. The second-order valence-corrected chi connectivity index (χ2v) is 6.23. The minimum absolute atomic E-state index is 0.195. The van der Waals surface area contributed by atoms with E-state index < -0.39 is 0 Å². The molecule has 1 aromatic rings. The summed E-state index contributed by atoms with van der Waals surface area (Å²) >= 11 is 0. The number of hydrogen-bond donors (Lipinski definition) is 0. The molecule has 0 N–H and O–H groups in total. The monoisotopic (exact) mass is 283 g/mol. The molecule has 21 heavy (non-hydrogen) atoms. The SMILES string of the molecule is O=C1C=CC2(CC1)CCN(CC(=O)c1ccccc1)CC2. The smallest absolute Gasteiger partial charge is 0.176 e. The van der Waals surface area contributed by atoms with Crippen LogP contribution in [0.25, 0.3) is 0 Å². The van der Waals surface area contributed by atoms with Gasteiger partial charge in [-0.25, -0.2) is 0 Å². The number of rotatable bonds is 3. The van der Waals surface area contributed by atoms with Crippen molar-refractivity contribution in [1.82, 2.24) is 4.90 Å². The molecule has 0 unspecified atom stereocenters. The second-order valence-electron chi connectivity index (χ2n) is 6.23. The average molecular weight is 283 g/mol. The molecule has 1 spiro atoms. The van der Waals surface area contributed by atoms with E-state index in [2.05, 4.69) is 11.0 Å². The topological polar surface area (TPSA) is 37.4 Å². The zero-order valence-electron chi connectivity index (χ0n) is 12.3. The Morgan fingerprint density at radius 2 is 1.81 bits per heavy atom. The van der Waals surface area contributed by atoms with Crippen LogP contribution >= 0.6 is 0 Å². The maximum atomic E-state index is 12.2. The maximum absolute atomic E-state index is 12.2. The summed E-state index contributed by atoms with van der Waals surface area (Å²) in [5.41, 5.74) is 1.00. The molecular formula is C18H21NO2. The number of allylic oxidation sites excluding steroid dienone is 2. The first-order valence-electron chi connectivity index (χ1n) is 7.70. The van der Waals surface area contributed by atoms with E-state index >= 15 is 0 Å². The highest BCUT2D eigenvalue weighted by molar-refractivity contribution is 5.97. The highest BCUT2D eigenvalue weighted by atomic mass is 16.1. The summed E-state index contributed by atoms with van der Waals surface area (Å²) in [7, 11) is 0. The third-order valence-corrected chi connectivity index (χ3v) is 4.81. The molecule has 1 aliphatic carbocycles. The Morgan fingerprint density at radius 1 is 1.10 bits per heavy atom. The lowest BCUT2D eigenvalue weighted by atomic mass is 9.72. The number of hydrogen-bond acceptors (Lipinski definition) is 3. The first-order chi connectivity index (χ1) is 10.2. The van der Waals surface area contributed by atoms with Crippen molar-refractivity contribution < 1.29 is 9.59 Å². The van der Waals surface area contributed by atoms with Crippen LogP contribution in [0.15, 0.2) is 42.5 Å². The molecule has 1 heterocycles. The lowest BCUT2D eigenvalue weighted by Gasteiger charge is -2.41. The van der Waals surface area contributed by atoms with Gasteiger partial charge in [0.15, 0.2) is 11.6 Å². The predicted molar refractivity (Wildman–Crippen MR) is 82.3 cm³/mol. The van der Waals surface area contributed by atoms with E-state index in [9.17, 15) is 9.59 Å². The van der Waals surface area contributed by atoms with Crippen molar-refractivity contribution in [3.63, 3.8) is 0 Å². The molecule has 0 saturated carbocycles. The molecule has 3 nitrogen and oxygen atoms in total. The summed E-state index contributed by atoms with van der Waals surface area (Å²) in [4.78, 5) is 25.8. The van der Waals surface area contributed by atoms with Gasteiger partial charge < -0.3 is 0 Å². The Hall–Kier alpha value is -1.74. The molecule has 1 aromatic carbocycles. The highest BCUT2D eigenvalue weighted by Gasteiger charge is 2.34. The van der Waals surface area contributed by atoms with Gasteiger partial charge in [0.05, 0.1) is 6.54 Å². The quantitative estimate of drug-likeness (QED) is 0.800. The molecular weight excluding hydrogens is 262 g/mol. The van der Waals surface area contributed by atoms with Gasteiger partial charge >= 0.3 is 0 Å². The number of likely N-dealkylation sites (tertiary alicyclic amines) is 1. The van der Waals surface area contributed by atoms with Crippen LogP contribution in [0.4, 0.5) is 0 Å². The van der Waals surface area contributed by atoms with Crippen LogP contribution < -0.4 is 0 Å². The molecule has 0 radical (unpaired) electrons. The molecule has 2 aliphatic rings. The van der Waals surface area contributed by atoms with Crippen LogP contribution in [0.2, 0.25) is 0 Å². The van der Waals surface area contributed by atoms with Gasteiger partial charge in [0.1, 0.15) is 0 Å². The van der Waals surface area contributed by atoms with Crippen LogP contribution in [0.1, 0.15) is 36.0 Å². The fourth-order valence-corrected chi connectivity index (χ4v) is 3.30. The first-order valence-corrected chi connectivity index (χ1v) is 7.70. The van der Waals surface area contributed by atoms with Gasteiger partial charge in [0, 0.05) is 12.0 Å². The minimum Gasteiger partial charge on any atom is -0.296 e. The molecule has 3 heteroatoms. The minimum atomic E-state index is 0.195. The van der Waals surface area contributed by atoms with E-state index in [0.29, 0.717) is 13.0 Å². The lowest BCUT2D eigenvalue weighted by molar-refractivity contribution is -0.115. The zero-order valence-corrected chi connectivity index (χ0v) is 12.3. The van der Waals surface area contributed by atoms with Gasteiger partial charge in [-0.15, -0.1) is 0 Å². The third kappa shape index (κ3) is 3.30. The van der Waals surface area contributed by atoms with Gasteiger partial charge in [-0.05, 0) is 43.8 Å². The van der Waals surface area contributed by atoms with Crippen molar-refractivity contribution in [3.8, 4) is 0 Å². The fourth-order valence-electron chi connectivity index (χ4n) is 3.30. The van der Waals surface area contributed by atoms with E-state index in [-0.39, 0.29) is 17.0 Å². The Labute approximate surface area is 125 Å². The number of piperidine rings is 1. The standard InChI is InChI=1S/C18H21NO2/c20-16-6-8-18(9-7-16)10-12-19(13-11-18)14-17(21)15-4-2-1-3-5-15/h1-6,8H,7,9-14H2. The van der Waals surface area contributed by atoms with Crippen LogP contribution in [-0.2, 0) is 4.79 Å². The van der Waals surface area contributed by atoms with Crippen molar-refractivity contribution in [2.45, 2.75) is 25.7 Å².